The highest BCUT2D eigenvalue weighted by atomic mass is 32.1. The molecule has 2 heterocycles. The van der Waals surface area contributed by atoms with Crippen molar-refractivity contribution in [2.75, 3.05) is 13.1 Å². The first-order valence-electron chi connectivity index (χ1n) is 5.52. The standard InChI is InChI=1S/C12H19NS/c1-9-7-12(10(2)14-9)8-11-3-5-13-6-4-11/h7,11,13H,3-6,8H2,1-2H3. The molecular weight excluding hydrogens is 190 g/mol. The first kappa shape index (κ1) is 10.2. The van der Waals surface area contributed by atoms with E-state index in [1.165, 1.54) is 42.1 Å². The second-order valence-corrected chi connectivity index (χ2v) is 5.80. The zero-order valence-electron chi connectivity index (χ0n) is 9.10. The third-order valence-corrected chi connectivity index (χ3v) is 4.12. The number of hydrogen-bond acceptors (Lipinski definition) is 2. The summed E-state index contributed by atoms with van der Waals surface area (Å²) in [5.74, 6) is 0.920. The van der Waals surface area contributed by atoms with E-state index in [1.807, 2.05) is 11.3 Å². The Balaban J connectivity index is 1.98. The van der Waals surface area contributed by atoms with E-state index in [2.05, 4.69) is 25.2 Å². The minimum absolute atomic E-state index is 0.920. The monoisotopic (exact) mass is 209 g/mol. The zero-order chi connectivity index (χ0) is 9.97. The first-order valence-corrected chi connectivity index (χ1v) is 6.34. The Hall–Kier alpha value is -0.340. The molecule has 78 valence electrons. The van der Waals surface area contributed by atoms with E-state index >= 15 is 0 Å². The summed E-state index contributed by atoms with van der Waals surface area (Å²) in [7, 11) is 0. The van der Waals surface area contributed by atoms with Gasteiger partial charge in [-0.05, 0) is 63.7 Å². The maximum absolute atomic E-state index is 3.42. The second-order valence-electron chi connectivity index (χ2n) is 4.34. The molecule has 0 atom stereocenters. The molecule has 1 aromatic rings. The summed E-state index contributed by atoms with van der Waals surface area (Å²) in [4.78, 5) is 2.99. The molecule has 1 aliphatic rings. The number of aryl methyl sites for hydroxylation is 2. The molecule has 0 aromatic carbocycles. The largest absolute Gasteiger partial charge is 0.317 e. The van der Waals surface area contributed by atoms with Crippen molar-refractivity contribution in [1.82, 2.24) is 5.32 Å². The van der Waals surface area contributed by atoms with Gasteiger partial charge in [-0.25, -0.2) is 0 Å². The van der Waals surface area contributed by atoms with Crippen molar-refractivity contribution >= 4 is 11.3 Å². The molecule has 1 fully saturated rings. The van der Waals surface area contributed by atoms with Crippen LogP contribution in [0.1, 0.15) is 28.2 Å². The Morgan fingerprint density at radius 1 is 1.36 bits per heavy atom. The number of thiophene rings is 1. The second kappa shape index (κ2) is 4.45. The molecule has 0 spiro atoms. The molecule has 1 aromatic heterocycles. The van der Waals surface area contributed by atoms with Crippen LogP contribution in [0, 0.1) is 19.8 Å². The van der Waals surface area contributed by atoms with E-state index in [0.717, 1.165) is 5.92 Å². The van der Waals surface area contributed by atoms with E-state index in [0.29, 0.717) is 0 Å². The van der Waals surface area contributed by atoms with Gasteiger partial charge in [-0.3, -0.25) is 0 Å². The third kappa shape index (κ3) is 2.37. The predicted octanol–water partition coefficient (Wildman–Crippen LogP) is 2.91. The van der Waals surface area contributed by atoms with Crippen molar-refractivity contribution in [2.45, 2.75) is 33.1 Å². The summed E-state index contributed by atoms with van der Waals surface area (Å²) in [6.45, 7) is 6.90. The van der Waals surface area contributed by atoms with Gasteiger partial charge in [-0.15, -0.1) is 11.3 Å². The Kier molecular flexibility index (Phi) is 3.24. The van der Waals surface area contributed by atoms with Crippen molar-refractivity contribution in [3.05, 3.63) is 21.4 Å². The molecule has 2 rings (SSSR count). The van der Waals surface area contributed by atoms with Crippen LogP contribution in [0.3, 0.4) is 0 Å². The molecule has 0 aliphatic carbocycles. The lowest BCUT2D eigenvalue weighted by Crippen LogP contribution is -2.28. The van der Waals surface area contributed by atoms with Crippen LogP contribution in [-0.4, -0.2) is 13.1 Å². The quantitative estimate of drug-likeness (QED) is 0.789. The molecule has 0 saturated carbocycles. The fourth-order valence-electron chi connectivity index (χ4n) is 2.28. The van der Waals surface area contributed by atoms with Gasteiger partial charge in [0.25, 0.3) is 0 Å². The van der Waals surface area contributed by atoms with Crippen LogP contribution >= 0.6 is 11.3 Å². The van der Waals surface area contributed by atoms with E-state index in [-0.39, 0.29) is 0 Å². The maximum atomic E-state index is 3.42. The molecular formula is C12H19NS. The molecule has 1 aliphatic heterocycles. The minimum atomic E-state index is 0.920. The molecule has 0 bridgehead atoms. The first-order chi connectivity index (χ1) is 6.75. The van der Waals surface area contributed by atoms with Gasteiger partial charge in [0.15, 0.2) is 0 Å². The lowest BCUT2D eigenvalue weighted by Gasteiger charge is -2.22. The molecule has 0 radical (unpaired) electrons. The van der Waals surface area contributed by atoms with Crippen molar-refractivity contribution in [1.29, 1.82) is 0 Å². The highest BCUT2D eigenvalue weighted by Gasteiger charge is 2.15. The van der Waals surface area contributed by atoms with E-state index < -0.39 is 0 Å². The highest BCUT2D eigenvalue weighted by molar-refractivity contribution is 7.12. The number of nitrogens with one attached hydrogen (secondary N) is 1. The minimum Gasteiger partial charge on any atom is -0.317 e. The smallest absolute Gasteiger partial charge is 0.00491 e. The molecule has 1 N–H and O–H groups in total. The SMILES string of the molecule is Cc1cc(CC2CCNCC2)c(C)s1. The lowest BCUT2D eigenvalue weighted by molar-refractivity contribution is 0.372. The molecule has 2 heteroatoms. The van der Waals surface area contributed by atoms with E-state index in [9.17, 15) is 0 Å². The molecule has 14 heavy (non-hydrogen) atoms. The van der Waals surface area contributed by atoms with Gasteiger partial charge in [0.2, 0.25) is 0 Å². The zero-order valence-corrected chi connectivity index (χ0v) is 9.91. The average Bonchev–Trinajstić information content (AvgIpc) is 2.47. The molecule has 0 unspecified atom stereocenters. The Labute approximate surface area is 90.5 Å². The van der Waals surface area contributed by atoms with Gasteiger partial charge < -0.3 is 5.32 Å². The van der Waals surface area contributed by atoms with E-state index in [1.54, 1.807) is 5.56 Å². The summed E-state index contributed by atoms with van der Waals surface area (Å²) in [6, 6.07) is 2.38. The van der Waals surface area contributed by atoms with Gasteiger partial charge in [-0.1, -0.05) is 0 Å². The fourth-order valence-corrected chi connectivity index (χ4v) is 3.24. The number of hydrogen-bond donors (Lipinski definition) is 1. The summed E-state index contributed by atoms with van der Waals surface area (Å²) >= 11 is 1.94. The van der Waals surface area contributed by atoms with Crippen molar-refractivity contribution in [3.8, 4) is 0 Å². The van der Waals surface area contributed by atoms with Crippen molar-refractivity contribution in [2.24, 2.45) is 5.92 Å². The van der Waals surface area contributed by atoms with Crippen LogP contribution in [0.25, 0.3) is 0 Å². The third-order valence-electron chi connectivity index (χ3n) is 3.11. The summed E-state index contributed by atoms with van der Waals surface area (Å²) in [5.41, 5.74) is 1.60. The molecule has 0 amide bonds. The molecule has 1 saturated heterocycles. The summed E-state index contributed by atoms with van der Waals surface area (Å²) < 4.78 is 0. The fraction of sp³-hybridized carbons (Fsp3) is 0.667. The Morgan fingerprint density at radius 2 is 2.07 bits per heavy atom. The highest BCUT2D eigenvalue weighted by Crippen LogP contribution is 2.26. The topological polar surface area (TPSA) is 12.0 Å². The Morgan fingerprint density at radius 3 is 2.64 bits per heavy atom. The van der Waals surface area contributed by atoms with Crippen LogP contribution in [0.15, 0.2) is 6.07 Å². The van der Waals surface area contributed by atoms with Gasteiger partial charge in [-0.2, -0.15) is 0 Å². The average molecular weight is 209 g/mol. The van der Waals surface area contributed by atoms with Crippen molar-refractivity contribution < 1.29 is 0 Å². The van der Waals surface area contributed by atoms with Gasteiger partial charge in [0.05, 0.1) is 0 Å². The van der Waals surface area contributed by atoms with Crippen LogP contribution in [0.4, 0.5) is 0 Å². The lowest BCUT2D eigenvalue weighted by atomic mass is 9.91. The predicted molar refractivity (Wildman–Crippen MR) is 63.1 cm³/mol. The Bertz CT molecular complexity index is 297. The van der Waals surface area contributed by atoms with Crippen LogP contribution in [0.5, 0.6) is 0 Å². The normalized spacial score (nSPS) is 18.7. The van der Waals surface area contributed by atoms with Crippen LogP contribution in [0.2, 0.25) is 0 Å². The summed E-state index contributed by atoms with van der Waals surface area (Å²) in [5, 5.41) is 3.42. The van der Waals surface area contributed by atoms with E-state index in [4.69, 9.17) is 0 Å². The number of rotatable bonds is 2. The number of piperidine rings is 1. The van der Waals surface area contributed by atoms with Crippen LogP contribution in [-0.2, 0) is 6.42 Å². The van der Waals surface area contributed by atoms with Gasteiger partial charge in [0, 0.05) is 9.75 Å². The summed E-state index contributed by atoms with van der Waals surface area (Å²) in [6.07, 6.45) is 4.01. The van der Waals surface area contributed by atoms with Gasteiger partial charge in [0.1, 0.15) is 0 Å². The van der Waals surface area contributed by atoms with Crippen LogP contribution < -0.4 is 5.32 Å². The van der Waals surface area contributed by atoms with Gasteiger partial charge >= 0.3 is 0 Å². The molecule has 1 nitrogen and oxygen atoms in total. The maximum Gasteiger partial charge on any atom is 0.00491 e. The van der Waals surface area contributed by atoms with Crippen molar-refractivity contribution in [3.63, 3.8) is 0 Å².